The van der Waals surface area contributed by atoms with Crippen LogP contribution in [-0.4, -0.2) is 16.9 Å². The molecule has 1 aromatic heterocycles. The van der Waals surface area contributed by atoms with E-state index in [0.717, 1.165) is 23.5 Å². The molecule has 3 unspecified atom stereocenters. The lowest BCUT2D eigenvalue weighted by molar-refractivity contribution is 0.154. The molecule has 3 rings (SSSR count). The molecular weight excluding hydrogens is 298 g/mol. The van der Waals surface area contributed by atoms with Crippen LogP contribution in [0.1, 0.15) is 42.4 Å². The maximum atomic E-state index is 10.3. The van der Waals surface area contributed by atoms with E-state index in [0.29, 0.717) is 12.1 Å². The van der Waals surface area contributed by atoms with Crippen LogP contribution in [0.4, 0.5) is 0 Å². The normalized spacial score (nSPS) is 20.8. The molecule has 1 aromatic carbocycles. The topological polar surface area (TPSA) is 32.3 Å². The van der Waals surface area contributed by atoms with Crippen molar-refractivity contribution in [3.63, 3.8) is 0 Å². The van der Waals surface area contributed by atoms with E-state index in [1.54, 1.807) is 11.3 Å². The number of thiophene rings is 1. The summed E-state index contributed by atoms with van der Waals surface area (Å²) in [7, 11) is 0. The molecule has 21 heavy (non-hydrogen) atoms. The lowest BCUT2D eigenvalue weighted by atomic mass is 10.0. The zero-order valence-electron chi connectivity index (χ0n) is 12.2. The molecule has 0 amide bonds. The minimum Gasteiger partial charge on any atom is -0.388 e. The Labute approximate surface area is 134 Å². The van der Waals surface area contributed by atoms with Gasteiger partial charge in [0.1, 0.15) is 0 Å². The number of aliphatic hydroxyl groups excluding tert-OH is 1. The number of aliphatic hydroxyl groups is 1. The first-order valence-corrected chi connectivity index (χ1v) is 9.30. The highest BCUT2D eigenvalue weighted by Gasteiger charge is 2.22. The summed E-state index contributed by atoms with van der Waals surface area (Å²) < 4.78 is 0. The fourth-order valence-corrected chi connectivity index (χ4v) is 4.71. The van der Waals surface area contributed by atoms with Crippen LogP contribution >= 0.6 is 23.1 Å². The van der Waals surface area contributed by atoms with E-state index in [4.69, 9.17) is 0 Å². The molecule has 112 valence electrons. The van der Waals surface area contributed by atoms with Gasteiger partial charge in [0.15, 0.2) is 0 Å². The Bertz CT molecular complexity index is 570. The summed E-state index contributed by atoms with van der Waals surface area (Å²) in [6.07, 6.45) is 1.55. The fourth-order valence-electron chi connectivity index (χ4n) is 2.86. The van der Waals surface area contributed by atoms with Gasteiger partial charge in [-0.1, -0.05) is 24.3 Å². The van der Waals surface area contributed by atoms with Crippen molar-refractivity contribution in [1.82, 2.24) is 5.32 Å². The lowest BCUT2D eigenvalue weighted by Crippen LogP contribution is -2.33. The Morgan fingerprint density at radius 1 is 1.29 bits per heavy atom. The Balaban J connectivity index is 1.62. The van der Waals surface area contributed by atoms with Gasteiger partial charge in [0.25, 0.3) is 0 Å². The Hall–Kier alpha value is -0.810. The van der Waals surface area contributed by atoms with Gasteiger partial charge in [-0.05, 0) is 48.6 Å². The van der Waals surface area contributed by atoms with E-state index in [-0.39, 0.29) is 6.10 Å². The first-order valence-electron chi connectivity index (χ1n) is 7.43. The summed E-state index contributed by atoms with van der Waals surface area (Å²) in [5, 5.41) is 16.0. The van der Waals surface area contributed by atoms with Crippen LogP contribution in [0.3, 0.4) is 0 Å². The van der Waals surface area contributed by atoms with Gasteiger partial charge in [-0.15, -0.1) is 23.1 Å². The quantitative estimate of drug-likeness (QED) is 0.857. The predicted octanol–water partition coefficient (Wildman–Crippen LogP) is 4.39. The Morgan fingerprint density at radius 2 is 2.14 bits per heavy atom. The van der Waals surface area contributed by atoms with Gasteiger partial charge in [0.05, 0.1) is 6.10 Å². The van der Waals surface area contributed by atoms with E-state index in [2.05, 4.69) is 36.5 Å². The number of benzene rings is 1. The standard InChI is InChI=1S/C17H21NOS2/c1-12(11-15(19)17-7-4-9-20-17)18-14-8-10-21-16-6-3-2-5-13(14)16/h2-7,9,12,14-15,18-19H,8,10-11H2,1H3. The van der Waals surface area contributed by atoms with Crippen molar-refractivity contribution in [2.45, 2.75) is 42.8 Å². The molecule has 1 aliphatic rings. The first kappa shape index (κ1) is 15.1. The van der Waals surface area contributed by atoms with Crippen LogP contribution in [0.25, 0.3) is 0 Å². The van der Waals surface area contributed by atoms with Crippen molar-refractivity contribution < 1.29 is 5.11 Å². The highest BCUT2D eigenvalue weighted by Crippen LogP contribution is 2.36. The number of hydrogen-bond donors (Lipinski definition) is 2. The van der Waals surface area contributed by atoms with E-state index in [1.165, 1.54) is 10.5 Å². The number of thioether (sulfide) groups is 1. The van der Waals surface area contributed by atoms with E-state index in [9.17, 15) is 5.11 Å². The maximum Gasteiger partial charge on any atom is 0.0896 e. The van der Waals surface area contributed by atoms with Crippen LogP contribution in [-0.2, 0) is 0 Å². The molecule has 0 aliphatic carbocycles. The Morgan fingerprint density at radius 3 is 2.95 bits per heavy atom. The molecule has 0 saturated carbocycles. The SMILES string of the molecule is CC(CC(O)c1cccs1)NC1CCSc2ccccc21. The molecule has 0 bridgehead atoms. The molecule has 0 fully saturated rings. The molecule has 2 nitrogen and oxygen atoms in total. The molecule has 2 aromatic rings. The van der Waals surface area contributed by atoms with Crippen molar-refractivity contribution >= 4 is 23.1 Å². The van der Waals surface area contributed by atoms with Gasteiger partial charge in [-0.25, -0.2) is 0 Å². The zero-order chi connectivity index (χ0) is 14.7. The average Bonchev–Trinajstić information content (AvgIpc) is 3.02. The molecule has 0 saturated heterocycles. The summed E-state index contributed by atoms with van der Waals surface area (Å²) in [6, 6.07) is 13.4. The maximum absolute atomic E-state index is 10.3. The molecule has 2 N–H and O–H groups in total. The van der Waals surface area contributed by atoms with Crippen LogP contribution in [0.5, 0.6) is 0 Å². The smallest absolute Gasteiger partial charge is 0.0896 e. The van der Waals surface area contributed by atoms with E-state index < -0.39 is 0 Å². The highest BCUT2D eigenvalue weighted by molar-refractivity contribution is 7.99. The van der Waals surface area contributed by atoms with Gasteiger partial charge >= 0.3 is 0 Å². The van der Waals surface area contributed by atoms with Crippen molar-refractivity contribution in [3.8, 4) is 0 Å². The van der Waals surface area contributed by atoms with E-state index >= 15 is 0 Å². The van der Waals surface area contributed by atoms with Crippen LogP contribution in [0, 0.1) is 0 Å². The van der Waals surface area contributed by atoms with Gasteiger partial charge in [-0.2, -0.15) is 0 Å². The van der Waals surface area contributed by atoms with Gasteiger partial charge in [-0.3, -0.25) is 0 Å². The van der Waals surface area contributed by atoms with Crippen LogP contribution in [0.2, 0.25) is 0 Å². The summed E-state index contributed by atoms with van der Waals surface area (Å²) in [6.45, 7) is 2.17. The van der Waals surface area contributed by atoms with Crippen molar-refractivity contribution in [3.05, 3.63) is 52.2 Å². The second-order valence-corrected chi connectivity index (χ2v) is 7.68. The number of rotatable bonds is 5. The van der Waals surface area contributed by atoms with Crippen molar-refractivity contribution in [2.75, 3.05) is 5.75 Å². The zero-order valence-corrected chi connectivity index (χ0v) is 13.8. The fraction of sp³-hybridized carbons (Fsp3) is 0.412. The number of fused-ring (bicyclic) bond motifs is 1. The van der Waals surface area contributed by atoms with Gasteiger partial charge < -0.3 is 10.4 Å². The average molecular weight is 319 g/mol. The lowest BCUT2D eigenvalue weighted by Gasteiger charge is -2.29. The Kier molecular flexibility index (Phi) is 5.01. The largest absolute Gasteiger partial charge is 0.388 e. The summed E-state index contributed by atoms with van der Waals surface area (Å²) >= 11 is 3.57. The second-order valence-electron chi connectivity index (χ2n) is 5.56. The summed E-state index contributed by atoms with van der Waals surface area (Å²) in [4.78, 5) is 2.45. The minimum absolute atomic E-state index is 0.295. The van der Waals surface area contributed by atoms with Crippen LogP contribution < -0.4 is 5.32 Å². The monoisotopic (exact) mass is 319 g/mol. The molecule has 2 heterocycles. The highest BCUT2D eigenvalue weighted by atomic mass is 32.2. The van der Waals surface area contributed by atoms with Gasteiger partial charge in [0.2, 0.25) is 0 Å². The van der Waals surface area contributed by atoms with Crippen LogP contribution in [0.15, 0.2) is 46.7 Å². The molecule has 4 heteroatoms. The second kappa shape index (κ2) is 6.97. The van der Waals surface area contributed by atoms with Gasteiger partial charge in [0, 0.05) is 21.9 Å². The summed E-state index contributed by atoms with van der Waals surface area (Å²) in [5.74, 6) is 1.16. The van der Waals surface area contributed by atoms with Crippen molar-refractivity contribution in [2.24, 2.45) is 0 Å². The molecule has 1 aliphatic heterocycles. The molecule has 0 radical (unpaired) electrons. The summed E-state index contributed by atoms with van der Waals surface area (Å²) in [5.41, 5.74) is 1.41. The van der Waals surface area contributed by atoms with E-state index in [1.807, 2.05) is 29.3 Å². The number of hydrogen-bond acceptors (Lipinski definition) is 4. The third kappa shape index (κ3) is 3.69. The molecular formula is C17H21NOS2. The minimum atomic E-state index is -0.360. The third-order valence-corrected chi connectivity index (χ3v) is 5.99. The predicted molar refractivity (Wildman–Crippen MR) is 91.0 cm³/mol. The molecule has 3 atom stereocenters. The van der Waals surface area contributed by atoms with Crippen molar-refractivity contribution in [1.29, 1.82) is 0 Å². The molecule has 0 spiro atoms. The number of nitrogens with one attached hydrogen (secondary N) is 1. The first-order chi connectivity index (χ1) is 10.2. The third-order valence-electron chi connectivity index (χ3n) is 3.89.